The standard InChI is InChI=1S/C32H60O2/c1-6-7-8-9-10-11-12-13-14-15-16-17-18-19-20-21-22-26-29-31(2,3)33-34-32(4,5)30-27-24-23-25-28-30/h30H,6-25,27-28H2,1-5H3. The van der Waals surface area contributed by atoms with Gasteiger partial charge in [0.25, 0.3) is 0 Å². The zero-order chi connectivity index (χ0) is 25.0. The predicted octanol–water partition coefficient (Wildman–Crippen LogP) is 10.7. The molecule has 1 aliphatic rings. The summed E-state index contributed by atoms with van der Waals surface area (Å²) in [5.74, 6) is 7.22. The largest absolute Gasteiger partial charge is 0.229 e. The van der Waals surface area contributed by atoms with Gasteiger partial charge in [0, 0.05) is 6.42 Å². The predicted molar refractivity (Wildman–Crippen MR) is 149 cm³/mol. The van der Waals surface area contributed by atoms with Gasteiger partial charge in [0.15, 0.2) is 5.60 Å². The molecule has 2 heteroatoms. The van der Waals surface area contributed by atoms with Crippen molar-refractivity contribution in [2.24, 2.45) is 5.92 Å². The molecule has 0 unspecified atom stereocenters. The first-order valence-electron chi connectivity index (χ1n) is 15.2. The molecule has 0 spiro atoms. The van der Waals surface area contributed by atoms with Crippen molar-refractivity contribution in [3.63, 3.8) is 0 Å². The smallest absolute Gasteiger partial charge is 0.158 e. The molecule has 0 aromatic carbocycles. The highest BCUT2D eigenvalue weighted by atomic mass is 17.2. The van der Waals surface area contributed by atoms with E-state index in [4.69, 9.17) is 9.78 Å². The Balaban J connectivity index is 1.94. The van der Waals surface area contributed by atoms with E-state index in [1.165, 1.54) is 135 Å². The number of rotatable bonds is 20. The van der Waals surface area contributed by atoms with Gasteiger partial charge in [0.05, 0.1) is 0 Å². The van der Waals surface area contributed by atoms with Gasteiger partial charge >= 0.3 is 0 Å². The maximum Gasteiger partial charge on any atom is 0.158 e. The molecule has 0 aliphatic heterocycles. The van der Waals surface area contributed by atoms with E-state index >= 15 is 0 Å². The van der Waals surface area contributed by atoms with Crippen LogP contribution in [0.3, 0.4) is 0 Å². The molecule has 0 saturated heterocycles. The van der Waals surface area contributed by atoms with Crippen LogP contribution in [-0.2, 0) is 9.78 Å². The molecule has 0 amide bonds. The Morgan fingerprint density at radius 3 is 1.50 bits per heavy atom. The van der Waals surface area contributed by atoms with Crippen molar-refractivity contribution in [3.8, 4) is 11.8 Å². The Hall–Kier alpha value is -0.520. The van der Waals surface area contributed by atoms with Gasteiger partial charge < -0.3 is 0 Å². The Labute approximate surface area is 214 Å². The second-order valence-electron chi connectivity index (χ2n) is 12.0. The van der Waals surface area contributed by atoms with E-state index in [0.29, 0.717) is 5.92 Å². The monoisotopic (exact) mass is 476 g/mol. The van der Waals surface area contributed by atoms with Gasteiger partial charge in [-0.1, -0.05) is 128 Å². The molecule has 0 heterocycles. The van der Waals surface area contributed by atoms with Crippen molar-refractivity contribution >= 4 is 0 Å². The molecule has 34 heavy (non-hydrogen) atoms. The molecule has 1 saturated carbocycles. The molecule has 0 N–H and O–H groups in total. The summed E-state index contributed by atoms with van der Waals surface area (Å²) in [5, 5.41) is 0. The van der Waals surface area contributed by atoms with Gasteiger partial charge in [-0.15, -0.1) is 5.92 Å². The average Bonchev–Trinajstić information content (AvgIpc) is 2.83. The molecule has 0 bridgehead atoms. The van der Waals surface area contributed by atoms with Crippen LogP contribution in [0.4, 0.5) is 0 Å². The molecular formula is C32H60O2. The normalized spacial score (nSPS) is 15.3. The van der Waals surface area contributed by atoms with Crippen LogP contribution in [0.15, 0.2) is 0 Å². The third kappa shape index (κ3) is 17.0. The van der Waals surface area contributed by atoms with Crippen molar-refractivity contribution in [2.75, 3.05) is 0 Å². The molecule has 0 atom stereocenters. The molecule has 0 radical (unpaired) electrons. The maximum atomic E-state index is 5.92. The van der Waals surface area contributed by atoms with Gasteiger partial charge in [-0.2, -0.15) is 0 Å². The zero-order valence-electron chi connectivity index (χ0n) is 24.0. The second kappa shape index (κ2) is 19.6. The minimum Gasteiger partial charge on any atom is -0.229 e. The fraction of sp³-hybridized carbons (Fsp3) is 0.938. The lowest BCUT2D eigenvalue weighted by molar-refractivity contribution is -0.399. The highest BCUT2D eigenvalue weighted by molar-refractivity contribution is 5.10. The van der Waals surface area contributed by atoms with Crippen LogP contribution < -0.4 is 0 Å². The second-order valence-corrected chi connectivity index (χ2v) is 12.0. The summed E-state index contributed by atoms with van der Waals surface area (Å²) >= 11 is 0. The van der Waals surface area contributed by atoms with Crippen LogP contribution in [0.5, 0.6) is 0 Å². The summed E-state index contributed by atoms with van der Waals surface area (Å²) in [6.45, 7) is 10.7. The van der Waals surface area contributed by atoms with Gasteiger partial charge in [0.1, 0.15) is 5.60 Å². The van der Waals surface area contributed by atoms with E-state index in [2.05, 4.69) is 32.6 Å². The van der Waals surface area contributed by atoms with Crippen molar-refractivity contribution < 1.29 is 9.78 Å². The summed E-state index contributed by atoms with van der Waals surface area (Å²) in [6, 6.07) is 0. The van der Waals surface area contributed by atoms with Crippen LogP contribution in [0.1, 0.15) is 176 Å². The minimum absolute atomic E-state index is 0.229. The molecule has 0 aromatic heterocycles. The molecule has 200 valence electrons. The average molecular weight is 477 g/mol. The first-order chi connectivity index (χ1) is 16.4. The summed E-state index contributed by atoms with van der Waals surface area (Å²) in [6.07, 6.45) is 30.0. The highest BCUT2D eigenvalue weighted by Crippen LogP contribution is 2.35. The lowest BCUT2D eigenvalue weighted by Crippen LogP contribution is -2.39. The SMILES string of the molecule is CCCCCCCCCCCCCCCCCCC#CC(C)(C)OOC(C)(C)C1CCCCC1. The van der Waals surface area contributed by atoms with E-state index < -0.39 is 5.60 Å². The number of unbranched alkanes of at least 4 members (excludes halogenated alkanes) is 16. The molecule has 1 fully saturated rings. The van der Waals surface area contributed by atoms with Crippen LogP contribution in [0.2, 0.25) is 0 Å². The first kappa shape index (κ1) is 31.5. The lowest BCUT2D eigenvalue weighted by Gasteiger charge is -2.37. The number of hydrogen-bond donors (Lipinski definition) is 0. The molecule has 0 aromatic rings. The van der Waals surface area contributed by atoms with Crippen molar-refractivity contribution in [1.82, 2.24) is 0 Å². The summed E-state index contributed by atoms with van der Waals surface area (Å²) in [7, 11) is 0. The van der Waals surface area contributed by atoms with Gasteiger partial charge in [0.2, 0.25) is 0 Å². The highest BCUT2D eigenvalue weighted by Gasteiger charge is 2.34. The van der Waals surface area contributed by atoms with Crippen LogP contribution in [0, 0.1) is 17.8 Å². The maximum absolute atomic E-state index is 5.92. The minimum atomic E-state index is -0.541. The van der Waals surface area contributed by atoms with Crippen LogP contribution in [0.25, 0.3) is 0 Å². The third-order valence-corrected chi connectivity index (χ3v) is 7.60. The summed E-state index contributed by atoms with van der Waals surface area (Å²) in [4.78, 5) is 11.7. The van der Waals surface area contributed by atoms with Gasteiger partial charge in [-0.25, -0.2) is 9.78 Å². The molecule has 2 nitrogen and oxygen atoms in total. The molecule has 1 aliphatic carbocycles. The summed E-state index contributed by atoms with van der Waals surface area (Å²) < 4.78 is 0. The van der Waals surface area contributed by atoms with E-state index in [-0.39, 0.29) is 5.60 Å². The van der Waals surface area contributed by atoms with Gasteiger partial charge in [-0.3, -0.25) is 0 Å². The van der Waals surface area contributed by atoms with Crippen LogP contribution in [-0.4, -0.2) is 11.2 Å². The van der Waals surface area contributed by atoms with Gasteiger partial charge in [-0.05, 0) is 52.9 Å². The molecular weight excluding hydrogens is 416 g/mol. The van der Waals surface area contributed by atoms with Crippen molar-refractivity contribution in [2.45, 2.75) is 187 Å². The van der Waals surface area contributed by atoms with Crippen LogP contribution >= 0.6 is 0 Å². The number of hydrogen-bond acceptors (Lipinski definition) is 2. The Kier molecular flexibility index (Phi) is 18.2. The Morgan fingerprint density at radius 1 is 0.588 bits per heavy atom. The van der Waals surface area contributed by atoms with E-state index in [1.807, 2.05) is 13.8 Å². The molecule has 1 rings (SSSR count). The fourth-order valence-corrected chi connectivity index (χ4v) is 5.14. The topological polar surface area (TPSA) is 18.5 Å². The van der Waals surface area contributed by atoms with E-state index in [0.717, 1.165) is 6.42 Å². The Morgan fingerprint density at radius 2 is 1.03 bits per heavy atom. The lowest BCUT2D eigenvalue weighted by atomic mass is 9.79. The zero-order valence-corrected chi connectivity index (χ0v) is 24.0. The van der Waals surface area contributed by atoms with Crippen molar-refractivity contribution in [1.29, 1.82) is 0 Å². The summed E-state index contributed by atoms with van der Waals surface area (Å²) in [5.41, 5.74) is -0.770. The first-order valence-corrected chi connectivity index (χ1v) is 15.2. The third-order valence-electron chi connectivity index (χ3n) is 7.60. The fourth-order valence-electron chi connectivity index (χ4n) is 5.14. The van der Waals surface area contributed by atoms with Crippen molar-refractivity contribution in [3.05, 3.63) is 0 Å². The quantitative estimate of drug-likeness (QED) is 0.0752. The van der Waals surface area contributed by atoms with E-state index in [1.54, 1.807) is 0 Å². The Bertz CT molecular complexity index is 519. The van der Waals surface area contributed by atoms with E-state index in [9.17, 15) is 0 Å².